The zero-order chi connectivity index (χ0) is 19.1. The van der Waals surface area contributed by atoms with Crippen molar-refractivity contribution in [3.8, 4) is 0 Å². The standard InChI is InChI=1S/C21H21FN4O/c1-13-3-8-17-16(11-13)24-21(25(17)2)19-18(27)12-26(20(19)23)10-9-14-4-6-15(22)7-5-14/h3-8,11,23,27H,9-10,12H2,1-2H3. The number of imidazole rings is 1. The van der Waals surface area contributed by atoms with Crippen LogP contribution in [0.3, 0.4) is 0 Å². The van der Waals surface area contributed by atoms with Crippen molar-refractivity contribution < 1.29 is 9.50 Å². The first kappa shape index (κ1) is 17.3. The van der Waals surface area contributed by atoms with Crippen LogP contribution in [0, 0.1) is 18.2 Å². The topological polar surface area (TPSA) is 65.1 Å². The summed E-state index contributed by atoms with van der Waals surface area (Å²) in [4.78, 5) is 6.47. The maximum Gasteiger partial charge on any atom is 0.148 e. The number of nitrogens with zero attached hydrogens (tertiary/aromatic N) is 3. The van der Waals surface area contributed by atoms with Crippen molar-refractivity contribution in [3.63, 3.8) is 0 Å². The van der Waals surface area contributed by atoms with Gasteiger partial charge in [0.25, 0.3) is 0 Å². The molecular weight excluding hydrogens is 343 g/mol. The summed E-state index contributed by atoms with van der Waals surface area (Å²) < 4.78 is 15.0. The number of rotatable bonds is 4. The predicted octanol–water partition coefficient (Wildman–Crippen LogP) is 3.83. The highest BCUT2D eigenvalue weighted by Gasteiger charge is 2.31. The molecule has 1 aromatic heterocycles. The first-order valence-electron chi connectivity index (χ1n) is 8.88. The molecule has 0 radical (unpaired) electrons. The number of fused-ring (bicyclic) bond motifs is 1. The first-order chi connectivity index (χ1) is 12.9. The van der Waals surface area contributed by atoms with Gasteiger partial charge in [-0.3, -0.25) is 5.41 Å². The minimum absolute atomic E-state index is 0.161. The smallest absolute Gasteiger partial charge is 0.148 e. The zero-order valence-electron chi connectivity index (χ0n) is 15.3. The van der Waals surface area contributed by atoms with Crippen LogP contribution in [0.15, 0.2) is 48.2 Å². The van der Waals surface area contributed by atoms with E-state index in [9.17, 15) is 9.50 Å². The third-order valence-electron chi connectivity index (χ3n) is 5.03. The summed E-state index contributed by atoms with van der Waals surface area (Å²) in [6.07, 6.45) is 0.672. The van der Waals surface area contributed by atoms with Crippen LogP contribution >= 0.6 is 0 Å². The van der Waals surface area contributed by atoms with Gasteiger partial charge in [0.15, 0.2) is 0 Å². The van der Waals surface area contributed by atoms with Crippen molar-refractivity contribution in [1.29, 1.82) is 5.41 Å². The lowest BCUT2D eigenvalue weighted by Gasteiger charge is -2.18. The molecule has 1 aliphatic rings. The first-order valence-corrected chi connectivity index (χ1v) is 8.88. The number of aliphatic hydroxyl groups is 1. The number of hydrogen-bond acceptors (Lipinski definition) is 3. The summed E-state index contributed by atoms with van der Waals surface area (Å²) in [5.41, 5.74) is 4.41. The Morgan fingerprint density at radius 2 is 1.93 bits per heavy atom. The third-order valence-corrected chi connectivity index (χ3v) is 5.03. The van der Waals surface area contributed by atoms with Gasteiger partial charge in [0.2, 0.25) is 0 Å². The predicted molar refractivity (Wildman–Crippen MR) is 104 cm³/mol. The quantitative estimate of drug-likeness (QED) is 0.740. The second kappa shape index (κ2) is 6.54. The number of aryl methyl sites for hydroxylation is 2. The molecule has 3 aromatic rings. The van der Waals surface area contributed by atoms with E-state index in [1.165, 1.54) is 12.1 Å². The molecule has 0 saturated heterocycles. The van der Waals surface area contributed by atoms with Crippen LogP contribution in [-0.2, 0) is 13.5 Å². The molecule has 4 rings (SSSR count). The molecule has 2 aromatic carbocycles. The van der Waals surface area contributed by atoms with Crippen molar-refractivity contribution in [2.45, 2.75) is 13.3 Å². The summed E-state index contributed by atoms with van der Waals surface area (Å²) >= 11 is 0. The second-order valence-corrected chi connectivity index (χ2v) is 6.95. The minimum atomic E-state index is -0.258. The molecule has 0 saturated carbocycles. The van der Waals surface area contributed by atoms with E-state index >= 15 is 0 Å². The van der Waals surface area contributed by atoms with E-state index in [0.717, 1.165) is 22.2 Å². The highest BCUT2D eigenvalue weighted by Crippen LogP contribution is 2.29. The lowest BCUT2D eigenvalue weighted by atomic mass is 10.1. The van der Waals surface area contributed by atoms with E-state index in [1.807, 2.05) is 41.6 Å². The molecule has 0 amide bonds. The number of amidine groups is 1. The number of hydrogen-bond donors (Lipinski definition) is 2. The van der Waals surface area contributed by atoms with Crippen molar-refractivity contribution in [2.24, 2.45) is 7.05 Å². The fourth-order valence-electron chi connectivity index (χ4n) is 3.51. The van der Waals surface area contributed by atoms with Gasteiger partial charge in [0, 0.05) is 13.6 Å². The third kappa shape index (κ3) is 3.07. The molecule has 27 heavy (non-hydrogen) atoms. The summed E-state index contributed by atoms with van der Waals surface area (Å²) in [5.74, 6) is 0.771. The van der Waals surface area contributed by atoms with Gasteiger partial charge in [-0.15, -0.1) is 0 Å². The average molecular weight is 364 g/mol. The molecule has 0 atom stereocenters. The molecular formula is C21H21FN4O. The Bertz CT molecular complexity index is 1070. The van der Waals surface area contributed by atoms with Crippen molar-refractivity contribution >= 4 is 22.4 Å². The molecule has 0 aliphatic carbocycles. The Hall–Kier alpha value is -3.15. The zero-order valence-corrected chi connectivity index (χ0v) is 15.3. The second-order valence-electron chi connectivity index (χ2n) is 6.95. The number of aromatic nitrogens is 2. The maximum absolute atomic E-state index is 13.0. The van der Waals surface area contributed by atoms with Crippen LogP contribution in [0.5, 0.6) is 0 Å². The Morgan fingerprint density at radius 3 is 2.67 bits per heavy atom. The fraction of sp³-hybridized carbons (Fsp3) is 0.238. The Balaban J connectivity index is 1.57. The Morgan fingerprint density at radius 1 is 1.19 bits per heavy atom. The van der Waals surface area contributed by atoms with E-state index in [-0.39, 0.29) is 24.0 Å². The van der Waals surface area contributed by atoms with Gasteiger partial charge in [-0.2, -0.15) is 0 Å². The Kier molecular flexibility index (Phi) is 4.18. The van der Waals surface area contributed by atoms with Gasteiger partial charge in [0.1, 0.15) is 23.2 Å². The number of aliphatic hydroxyl groups excluding tert-OH is 1. The lowest BCUT2D eigenvalue weighted by molar-refractivity contribution is 0.351. The summed E-state index contributed by atoms with van der Waals surface area (Å²) in [6, 6.07) is 12.4. The largest absolute Gasteiger partial charge is 0.510 e. The highest BCUT2D eigenvalue weighted by atomic mass is 19.1. The normalized spacial score (nSPS) is 14.6. The fourth-order valence-corrected chi connectivity index (χ4v) is 3.51. The van der Waals surface area contributed by atoms with Gasteiger partial charge in [-0.05, 0) is 48.7 Å². The van der Waals surface area contributed by atoms with Crippen LogP contribution in [0.25, 0.3) is 16.6 Å². The van der Waals surface area contributed by atoms with Gasteiger partial charge in [-0.1, -0.05) is 18.2 Å². The maximum atomic E-state index is 13.0. The molecule has 138 valence electrons. The number of benzene rings is 2. The van der Waals surface area contributed by atoms with E-state index in [0.29, 0.717) is 24.4 Å². The molecule has 0 unspecified atom stereocenters. The summed E-state index contributed by atoms with van der Waals surface area (Å²) in [7, 11) is 1.90. The number of nitrogens with one attached hydrogen (secondary N) is 1. The summed E-state index contributed by atoms with van der Waals surface area (Å²) in [6.45, 7) is 2.87. The minimum Gasteiger partial charge on any atom is -0.510 e. The van der Waals surface area contributed by atoms with Gasteiger partial charge in [-0.25, -0.2) is 9.37 Å². The summed E-state index contributed by atoms with van der Waals surface area (Å²) in [5, 5.41) is 19.1. The van der Waals surface area contributed by atoms with Gasteiger partial charge in [0.05, 0.1) is 23.2 Å². The number of halogens is 1. The van der Waals surface area contributed by atoms with Crippen molar-refractivity contribution in [1.82, 2.24) is 14.5 Å². The SMILES string of the molecule is Cc1ccc2c(c1)nc(C1=C(O)CN(CCc3ccc(F)cc3)C1=N)n2C. The van der Waals surface area contributed by atoms with E-state index < -0.39 is 0 Å². The van der Waals surface area contributed by atoms with Crippen molar-refractivity contribution in [2.75, 3.05) is 13.1 Å². The van der Waals surface area contributed by atoms with Crippen molar-refractivity contribution in [3.05, 3.63) is 71.0 Å². The molecule has 2 N–H and O–H groups in total. The van der Waals surface area contributed by atoms with Crippen LogP contribution in [0.2, 0.25) is 0 Å². The molecule has 1 aliphatic heterocycles. The van der Waals surface area contributed by atoms with Crippen LogP contribution in [0.4, 0.5) is 4.39 Å². The highest BCUT2D eigenvalue weighted by molar-refractivity contribution is 6.23. The molecule has 0 bridgehead atoms. The molecule has 5 nitrogen and oxygen atoms in total. The van der Waals surface area contributed by atoms with Crippen LogP contribution in [-0.4, -0.2) is 38.5 Å². The van der Waals surface area contributed by atoms with Crippen LogP contribution < -0.4 is 0 Å². The molecule has 2 heterocycles. The average Bonchev–Trinajstić information content (AvgIpc) is 3.10. The van der Waals surface area contributed by atoms with Crippen LogP contribution in [0.1, 0.15) is 17.0 Å². The monoisotopic (exact) mass is 364 g/mol. The molecule has 0 spiro atoms. The van der Waals surface area contributed by atoms with E-state index in [2.05, 4.69) is 4.98 Å². The molecule has 0 fully saturated rings. The molecule has 6 heteroatoms. The van der Waals surface area contributed by atoms with E-state index in [1.54, 1.807) is 12.1 Å². The van der Waals surface area contributed by atoms with Gasteiger partial charge >= 0.3 is 0 Å². The van der Waals surface area contributed by atoms with Gasteiger partial charge < -0.3 is 14.6 Å². The van der Waals surface area contributed by atoms with E-state index in [4.69, 9.17) is 5.41 Å². The lowest BCUT2D eigenvalue weighted by Crippen LogP contribution is -2.29. The Labute approximate surface area is 156 Å².